The fourth-order valence-corrected chi connectivity index (χ4v) is 3.33. The molecular weight excluding hydrogens is 325 g/mol. The third-order valence-corrected chi connectivity index (χ3v) is 4.33. The summed E-state index contributed by atoms with van der Waals surface area (Å²) in [5, 5.41) is 8.78. The molecule has 19 heavy (non-hydrogen) atoms. The summed E-state index contributed by atoms with van der Waals surface area (Å²) in [5.41, 5.74) is -0.0349. The van der Waals surface area contributed by atoms with E-state index in [9.17, 15) is 21.6 Å². The Morgan fingerprint density at radius 2 is 2.00 bits per heavy atom. The summed E-state index contributed by atoms with van der Waals surface area (Å²) < 4.78 is 59.8. The molecule has 4 nitrogen and oxygen atoms in total. The van der Waals surface area contributed by atoms with Gasteiger partial charge in [0.15, 0.2) is 0 Å². The van der Waals surface area contributed by atoms with Crippen molar-refractivity contribution in [3.8, 4) is 6.07 Å². The third-order valence-electron chi connectivity index (χ3n) is 2.02. The molecule has 0 spiro atoms. The van der Waals surface area contributed by atoms with Crippen molar-refractivity contribution in [3.63, 3.8) is 0 Å². The number of thioether (sulfide) groups is 1. The molecule has 0 atom stereocenters. The van der Waals surface area contributed by atoms with Crippen LogP contribution < -0.4 is 5.73 Å². The topological polar surface area (TPSA) is 84.0 Å². The van der Waals surface area contributed by atoms with Crippen molar-refractivity contribution < 1.29 is 21.6 Å². The molecule has 10 heteroatoms. The SMILES string of the molecule is N#Cc1ccc(S(=O)(=O)Cl)c(CN)c1SC(F)(F)F. The number of rotatable bonds is 3. The minimum absolute atomic E-state index is 0.313. The van der Waals surface area contributed by atoms with E-state index < -0.39 is 42.7 Å². The molecule has 0 aliphatic carbocycles. The summed E-state index contributed by atoms with van der Waals surface area (Å²) in [4.78, 5) is -1.07. The number of nitrogens with zero attached hydrogens (tertiary/aromatic N) is 1. The number of alkyl halides is 3. The summed E-state index contributed by atoms with van der Waals surface area (Å²) in [6, 6.07) is 3.48. The Balaban J connectivity index is 3.62. The van der Waals surface area contributed by atoms with Crippen LogP contribution in [0.2, 0.25) is 0 Å². The van der Waals surface area contributed by atoms with Gasteiger partial charge in [0.05, 0.1) is 10.5 Å². The van der Waals surface area contributed by atoms with Crippen molar-refractivity contribution in [1.82, 2.24) is 0 Å². The molecule has 0 aromatic heterocycles. The molecule has 0 unspecified atom stereocenters. The first kappa shape index (κ1) is 16.1. The number of hydrogen-bond donors (Lipinski definition) is 1. The molecule has 0 aliphatic rings. The average Bonchev–Trinajstić information content (AvgIpc) is 2.25. The Hall–Kier alpha value is -0.950. The summed E-state index contributed by atoms with van der Waals surface area (Å²) in [5.74, 6) is 0. The number of benzene rings is 1. The lowest BCUT2D eigenvalue weighted by Gasteiger charge is -2.14. The molecule has 2 N–H and O–H groups in total. The molecule has 1 aromatic carbocycles. The van der Waals surface area contributed by atoms with Gasteiger partial charge in [-0.05, 0) is 23.9 Å². The van der Waals surface area contributed by atoms with E-state index in [2.05, 4.69) is 0 Å². The Labute approximate surface area is 115 Å². The second-order valence-corrected chi connectivity index (χ2v) is 6.83. The zero-order valence-electron chi connectivity index (χ0n) is 9.03. The molecule has 104 valence electrons. The maximum absolute atomic E-state index is 12.4. The second kappa shape index (κ2) is 5.58. The van der Waals surface area contributed by atoms with E-state index in [1.807, 2.05) is 0 Å². The predicted molar refractivity (Wildman–Crippen MR) is 64.0 cm³/mol. The fraction of sp³-hybridized carbons (Fsp3) is 0.222. The first-order chi connectivity index (χ1) is 8.60. The van der Waals surface area contributed by atoms with E-state index in [0.29, 0.717) is 0 Å². The fourth-order valence-electron chi connectivity index (χ4n) is 1.35. The number of hydrogen-bond acceptors (Lipinski definition) is 5. The molecule has 0 radical (unpaired) electrons. The minimum Gasteiger partial charge on any atom is -0.326 e. The van der Waals surface area contributed by atoms with Crippen molar-refractivity contribution >= 4 is 31.5 Å². The Bertz CT molecular complexity index is 638. The van der Waals surface area contributed by atoms with E-state index in [1.54, 1.807) is 6.07 Å². The Kier molecular flexibility index (Phi) is 4.73. The third kappa shape index (κ3) is 4.01. The van der Waals surface area contributed by atoms with E-state index in [4.69, 9.17) is 21.7 Å². The molecule has 0 fully saturated rings. The van der Waals surface area contributed by atoms with Gasteiger partial charge in [0.1, 0.15) is 6.07 Å². The normalized spacial score (nSPS) is 12.2. The van der Waals surface area contributed by atoms with E-state index in [0.717, 1.165) is 12.1 Å². The van der Waals surface area contributed by atoms with Gasteiger partial charge in [0.2, 0.25) is 0 Å². The van der Waals surface area contributed by atoms with Crippen LogP contribution in [-0.4, -0.2) is 13.9 Å². The number of halogens is 4. The molecule has 0 saturated heterocycles. The zero-order chi connectivity index (χ0) is 14.8. The van der Waals surface area contributed by atoms with Crippen LogP contribution in [0, 0.1) is 11.3 Å². The standard InChI is InChI=1S/C9H6ClF3N2O2S2/c10-19(16,17)7-2-1-5(3-14)8(6(7)4-15)18-9(11,12)13/h1-2H,4,15H2. The van der Waals surface area contributed by atoms with Crippen molar-refractivity contribution in [1.29, 1.82) is 5.26 Å². The monoisotopic (exact) mass is 330 g/mol. The maximum Gasteiger partial charge on any atom is 0.446 e. The van der Waals surface area contributed by atoms with Gasteiger partial charge >= 0.3 is 5.51 Å². The molecule has 1 rings (SSSR count). The Morgan fingerprint density at radius 1 is 1.42 bits per heavy atom. The highest BCUT2D eigenvalue weighted by Crippen LogP contribution is 2.42. The van der Waals surface area contributed by atoms with Gasteiger partial charge in [-0.25, -0.2) is 8.42 Å². The van der Waals surface area contributed by atoms with Crippen molar-refractivity contribution in [3.05, 3.63) is 23.3 Å². The van der Waals surface area contributed by atoms with Crippen LogP contribution in [0.15, 0.2) is 21.9 Å². The lowest BCUT2D eigenvalue weighted by molar-refractivity contribution is -0.0328. The van der Waals surface area contributed by atoms with Crippen LogP contribution in [0.5, 0.6) is 0 Å². The largest absolute Gasteiger partial charge is 0.446 e. The van der Waals surface area contributed by atoms with Gasteiger partial charge in [-0.3, -0.25) is 0 Å². The summed E-state index contributed by atoms with van der Waals surface area (Å²) in [7, 11) is 0.878. The van der Waals surface area contributed by atoms with E-state index >= 15 is 0 Å². The zero-order valence-corrected chi connectivity index (χ0v) is 11.4. The molecular formula is C9H6ClF3N2O2S2. The number of nitrogens with two attached hydrogens (primary N) is 1. The van der Waals surface area contributed by atoms with Gasteiger partial charge in [-0.15, -0.1) is 0 Å². The van der Waals surface area contributed by atoms with Crippen LogP contribution in [0.3, 0.4) is 0 Å². The first-order valence-corrected chi connectivity index (χ1v) is 7.69. The van der Waals surface area contributed by atoms with Gasteiger partial charge in [-0.1, -0.05) is 0 Å². The average molecular weight is 331 g/mol. The van der Waals surface area contributed by atoms with Crippen LogP contribution in [0.1, 0.15) is 11.1 Å². The smallest absolute Gasteiger partial charge is 0.326 e. The van der Waals surface area contributed by atoms with Gasteiger partial charge < -0.3 is 5.73 Å². The van der Waals surface area contributed by atoms with Crippen LogP contribution >= 0.6 is 22.4 Å². The highest BCUT2D eigenvalue weighted by molar-refractivity contribution is 8.13. The quantitative estimate of drug-likeness (QED) is 0.680. The summed E-state index contributed by atoms with van der Waals surface area (Å²) in [6.45, 7) is -0.491. The summed E-state index contributed by atoms with van der Waals surface area (Å²) >= 11 is -0.592. The first-order valence-electron chi connectivity index (χ1n) is 4.56. The molecule has 0 saturated carbocycles. The van der Waals surface area contributed by atoms with Crippen molar-refractivity contribution in [2.75, 3.05) is 0 Å². The highest BCUT2D eigenvalue weighted by atomic mass is 35.7. The van der Waals surface area contributed by atoms with E-state index in [1.165, 1.54) is 0 Å². The van der Waals surface area contributed by atoms with Gasteiger partial charge in [0, 0.05) is 27.7 Å². The number of nitriles is 1. The van der Waals surface area contributed by atoms with Gasteiger partial charge in [-0.2, -0.15) is 18.4 Å². The summed E-state index contributed by atoms with van der Waals surface area (Å²) in [6.07, 6.45) is 0. The molecule has 0 amide bonds. The predicted octanol–water partition coefficient (Wildman–Crippen LogP) is 2.56. The molecule has 0 heterocycles. The molecule has 1 aromatic rings. The van der Waals surface area contributed by atoms with Crippen LogP contribution in [-0.2, 0) is 15.6 Å². The highest BCUT2D eigenvalue weighted by Gasteiger charge is 2.33. The van der Waals surface area contributed by atoms with Crippen LogP contribution in [0.4, 0.5) is 13.2 Å². The molecule has 0 bridgehead atoms. The van der Waals surface area contributed by atoms with Gasteiger partial charge in [0.25, 0.3) is 9.05 Å². The Morgan fingerprint density at radius 3 is 2.37 bits per heavy atom. The van der Waals surface area contributed by atoms with Crippen LogP contribution in [0.25, 0.3) is 0 Å². The van der Waals surface area contributed by atoms with Crippen molar-refractivity contribution in [2.45, 2.75) is 21.8 Å². The second-order valence-electron chi connectivity index (χ2n) is 3.22. The maximum atomic E-state index is 12.4. The van der Waals surface area contributed by atoms with Crippen molar-refractivity contribution in [2.24, 2.45) is 5.73 Å². The minimum atomic E-state index is -4.68. The lowest BCUT2D eigenvalue weighted by atomic mass is 10.1. The van der Waals surface area contributed by atoms with E-state index in [-0.39, 0.29) is 11.1 Å². The lowest BCUT2D eigenvalue weighted by Crippen LogP contribution is -2.10. The molecule has 0 aliphatic heterocycles.